The number of allylic oxidation sites excluding steroid dienone is 6. The molecule has 0 N–H and O–H groups in total. The maximum absolute atomic E-state index is 5.40. The standard InChI is InChI=1S/C38H53N2.Li/c1-12-13-17-36-34(28(10)39-37-30(24(2)3)18-14-19-31(37)25(4)5)22-16-23-35(36)29(11)40-38-32(26(6)7)20-15-21-33(38)27(8)9;/h14-16,18-27,36H,12-13,17H2,1-11H3;/q-1;+1/b34-28-,40-29?;. The summed E-state index contributed by atoms with van der Waals surface area (Å²) in [5.74, 6) is 1.99. The number of aliphatic imine (C=N–C) groups is 1. The minimum absolute atomic E-state index is 0. The predicted octanol–water partition coefficient (Wildman–Crippen LogP) is 9.56. The molecule has 0 bridgehead atoms. The van der Waals surface area contributed by atoms with Crippen LogP contribution in [0.25, 0.3) is 5.32 Å². The van der Waals surface area contributed by atoms with E-state index in [1.807, 2.05) is 0 Å². The van der Waals surface area contributed by atoms with Gasteiger partial charge in [0.05, 0.1) is 5.69 Å². The Balaban J connectivity index is 0.00000588. The average Bonchev–Trinajstić information content (AvgIpc) is 2.91. The van der Waals surface area contributed by atoms with Crippen LogP contribution in [0.15, 0.2) is 76.5 Å². The van der Waals surface area contributed by atoms with Crippen molar-refractivity contribution in [3.05, 3.63) is 99.0 Å². The third kappa shape index (κ3) is 8.40. The Bertz CT molecular complexity index is 1230. The number of unbranched alkanes of at least 4 members (excludes halogenated alkanes) is 1. The van der Waals surface area contributed by atoms with E-state index in [1.165, 1.54) is 46.2 Å². The predicted molar refractivity (Wildman–Crippen MR) is 178 cm³/mol. The largest absolute Gasteiger partial charge is 1.00 e. The molecule has 0 radical (unpaired) electrons. The molecule has 2 nitrogen and oxygen atoms in total. The molecule has 216 valence electrons. The second-order valence-corrected chi connectivity index (χ2v) is 12.7. The molecule has 0 amide bonds. The van der Waals surface area contributed by atoms with Crippen LogP contribution in [0.5, 0.6) is 0 Å². The van der Waals surface area contributed by atoms with Crippen LogP contribution in [-0.2, 0) is 0 Å². The van der Waals surface area contributed by atoms with E-state index in [9.17, 15) is 0 Å². The summed E-state index contributed by atoms with van der Waals surface area (Å²) in [5.41, 5.74) is 12.5. The zero-order valence-electron chi connectivity index (χ0n) is 28.1. The van der Waals surface area contributed by atoms with Gasteiger partial charge in [0.25, 0.3) is 0 Å². The molecule has 0 fully saturated rings. The van der Waals surface area contributed by atoms with Crippen LogP contribution in [0.3, 0.4) is 0 Å². The van der Waals surface area contributed by atoms with Crippen LogP contribution in [0.1, 0.15) is 141 Å². The van der Waals surface area contributed by atoms with Crippen molar-refractivity contribution in [2.24, 2.45) is 10.9 Å². The van der Waals surface area contributed by atoms with Gasteiger partial charge in [-0.25, -0.2) is 0 Å². The van der Waals surface area contributed by atoms with Crippen LogP contribution in [0, 0.1) is 5.92 Å². The molecule has 0 saturated carbocycles. The molecule has 0 heterocycles. The van der Waals surface area contributed by atoms with E-state index >= 15 is 0 Å². The number of hydrogen-bond donors (Lipinski definition) is 0. The minimum atomic E-state index is 0. The van der Waals surface area contributed by atoms with Crippen molar-refractivity contribution in [1.82, 2.24) is 0 Å². The van der Waals surface area contributed by atoms with Crippen molar-refractivity contribution in [1.29, 1.82) is 0 Å². The molecule has 3 rings (SSSR count). The summed E-state index contributed by atoms with van der Waals surface area (Å²) < 4.78 is 0. The van der Waals surface area contributed by atoms with E-state index < -0.39 is 0 Å². The van der Waals surface area contributed by atoms with E-state index in [-0.39, 0.29) is 18.9 Å². The number of hydrogen-bond acceptors (Lipinski definition) is 1. The van der Waals surface area contributed by atoms with Crippen molar-refractivity contribution in [2.45, 2.75) is 119 Å². The molecule has 0 aliphatic heterocycles. The molecule has 41 heavy (non-hydrogen) atoms. The van der Waals surface area contributed by atoms with Crippen LogP contribution in [0.4, 0.5) is 11.4 Å². The van der Waals surface area contributed by atoms with E-state index in [2.05, 4.69) is 131 Å². The van der Waals surface area contributed by atoms with Gasteiger partial charge in [0.15, 0.2) is 0 Å². The summed E-state index contributed by atoms with van der Waals surface area (Å²) in [6.07, 6.45) is 10.3. The quantitative estimate of drug-likeness (QED) is 0.199. The molecule has 2 aromatic rings. The minimum Gasteiger partial charge on any atom is -0.661 e. The fraction of sp³-hybridized carbons (Fsp3) is 0.500. The molecule has 0 saturated heterocycles. The van der Waals surface area contributed by atoms with E-state index in [0.29, 0.717) is 29.6 Å². The van der Waals surface area contributed by atoms with Crippen LogP contribution >= 0.6 is 0 Å². The average molecular weight is 545 g/mol. The van der Waals surface area contributed by atoms with Gasteiger partial charge in [-0.3, -0.25) is 4.99 Å². The molecular weight excluding hydrogens is 491 g/mol. The van der Waals surface area contributed by atoms with Gasteiger partial charge in [0, 0.05) is 11.6 Å². The summed E-state index contributed by atoms with van der Waals surface area (Å²) in [6, 6.07) is 13.4. The first kappa shape index (κ1) is 34.9. The number of nitrogens with zero attached hydrogens (tertiary/aromatic N) is 2. The summed E-state index contributed by atoms with van der Waals surface area (Å²) in [4.78, 5) is 5.40. The fourth-order valence-electron chi connectivity index (χ4n) is 5.87. The van der Waals surface area contributed by atoms with Gasteiger partial charge in [0.2, 0.25) is 0 Å². The molecule has 1 aliphatic rings. The number of para-hydroxylation sites is 2. The summed E-state index contributed by atoms with van der Waals surface area (Å²) >= 11 is 0. The first-order valence-corrected chi connectivity index (χ1v) is 15.6. The third-order valence-corrected chi connectivity index (χ3v) is 8.23. The molecule has 2 aromatic carbocycles. The van der Waals surface area contributed by atoms with Crippen LogP contribution in [0.2, 0.25) is 0 Å². The van der Waals surface area contributed by atoms with Gasteiger partial charge >= 0.3 is 18.9 Å². The SMILES string of the molecule is CCCCC1C(C(C)=Nc2c(C(C)C)cccc2C(C)C)=CC=C/C1=C(\C)[N-]c1c(C(C)C)cccc1C(C)C.[Li+]. The maximum Gasteiger partial charge on any atom is 1.00 e. The van der Waals surface area contributed by atoms with Gasteiger partial charge in [-0.15, -0.1) is 5.69 Å². The Morgan fingerprint density at radius 2 is 1.27 bits per heavy atom. The molecule has 1 aliphatic carbocycles. The monoisotopic (exact) mass is 544 g/mol. The van der Waals surface area contributed by atoms with Crippen LogP contribution in [-0.4, -0.2) is 5.71 Å². The maximum atomic E-state index is 5.40. The molecule has 1 unspecified atom stereocenters. The molecule has 1 atom stereocenters. The molecule has 3 heteroatoms. The number of rotatable bonds is 11. The smallest absolute Gasteiger partial charge is 0.661 e. The van der Waals surface area contributed by atoms with Gasteiger partial charge in [-0.2, -0.15) is 5.70 Å². The van der Waals surface area contributed by atoms with Gasteiger partial charge in [-0.05, 0) is 53.7 Å². The zero-order chi connectivity index (χ0) is 29.6. The summed E-state index contributed by atoms with van der Waals surface area (Å²) in [6.45, 7) is 24.9. The Kier molecular flexibility index (Phi) is 13.5. The Morgan fingerprint density at radius 3 is 1.73 bits per heavy atom. The second kappa shape index (κ2) is 15.8. The van der Waals surface area contributed by atoms with E-state index in [4.69, 9.17) is 10.3 Å². The summed E-state index contributed by atoms with van der Waals surface area (Å²) in [5, 5.41) is 5.40. The van der Waals surface area contributed by atoms with Crippen LogP contribution < -0.4 is 18.9 Å². The normalized spacial score (nSPS) is 16.9. The van der Waals surface area contributed by atoms with Crippen molar-refractivity contribution in [3.63, 3.8) is 0 Å². The Morgan fingerprint density at radius 1 is 0.780 bits per heavy atom. The topological polar surface area (TPSA) is 26.5 Å². The van der Waals surface area contributed by atoms with Crippen molar-refractivity contribution >= 4 is 17.1 Å². The fourth-order valence-corrected chi connectivity index (χ4v) is 5.87. The van der Waals surface area contributed by atoms with Gasteiger partial charge in [-0.1, -0.05) is 153 Å². The molecule has 0 spiro atoms. The zero-order valence-corrected chi connectivity index (χ0v) is 28.1. The Hall–Kier alpha value is -2.27. The van der Waals surface area contributed by atoms with Crippen molar-refractivity contribution in [3.8, 4) is 0 Å². The van der Waals surface area contributed by atoms with Gasteiger partial charge in [0.1, 0.15) is 0 Å². The van der Waals surface area contributed by atoms with Crippen molar-refractivity contribution < 1.29 is 18.9 Å². The first-order valence-electron chi connectivity index (χ1n) is 15.6. The second-order valence-electron chi connectivity index (χ2n) is 12.7. The van der Waals surface area contributed by atoms with Crippen molar-refractivity contribution in [2.75, 3.05) is 0 Å². The van der Waals surface area contributed by atoms with Gasteiger partial charge < -0.3 is 5.32 Å². The Labute approximate surface area is 264 Å². The van der Waals surface area contributed by atoms with E-state index in [0.717, 1.165) is 29.2 Å². The third-order valence-electron chi connectivity index (χ3n) is 8.23. The molecule has 0 aromatic heterocycles. The first-order chi connectivity index (χ1) is 19.0. The summed E-state index contributed by atoms with van der Waals surface area (Å²) in [7, 11) is 0. The molecular formula is C38H53LiN2. The van der Waals surface area contributed by atoms with E-state index in [1.54, 1.807) is 0 Å². The number of benzene rings is 2.